The third-order valence-electron chi connectivity index (χ3n) is 3.62. The van der Waals surface area contributed by atoms with Crippen LogP contribution in [0.1, 0.15) is 71.9 Å². The van der Waals surface area contributed by atoms with Crippen molar-refractivity contribution in [2.24, 2.45) is 11.3 Å². The van der Waals surface area contributed by atoms with Crippen LogP contribution in [0.5, 0.6) is 0 Å². The first-order valence-electron chi connectivity index (χ1n) is 8.17. The summed E-state index contributed by atoms with van der Waals surface area (Å²) >= 11 is 0. The smallest absolute Gasteiger partial charge is 0.0325 e. The lowest BCUT2D eigenvalue weighted by molar-refractivity contribution is 0.309. The Hall–Kier alpha value is -0.820. The number of benzene rings is 1. The van der Waals surface area contributed by atoms with Crippen LogP contribution in [0.15, 0.2) is 30.3 Å². The van der Waals surface area contributed by atoms with E-state index in [1.165, 1.54) is 31.2 Å². The van der Waals surface area contributed by atoms with Crippen LogP contribution in [0, 0.1) is 11.3 Å². The highest BCUT2D eigenvalue weighted by atomic mass is 14.9. The molecular formula is C19H33N. The summed E-state index contributed by atoms with van der Waals surface area (Å²) in [5.74, 6) is 0.828. The van der Waals surface area contributed by atoms with Crippen LogP contribution < -0.4 is 5.32 Å². The van der Waals surface area contributed by atoms with Crippen LogP contribution in [-0.4, -0.2) is 6.54 Å². The summed E-state index contributed by atoms with van der Waals surface area (Å²) in [5, 5.41) is 3.77. The monoisotopic (exact) mass is 275 g/mol. The van der Waals surface area contributed by atoms with Crippen molar-refractivity contribution in [2.75, 3.05) is 6.54 Å². The maximum atomic E-state index is 3.77. The quantitative estimate of drug-likeness (QED) is 0.611. The van der Waals surface area contributed by atoms with E-state index in [0.29, 0.717) is 11.5 Å². The third kappa shape index (κ3) is 7.69. The molecule has 1 N–H and O–H groups in total. The summed E-state index contributed by atoms with van der Waals surface area (Å²) in [6, 6.07) is 11.4. The number of rotatable bonds is 8. The molecule has 0 bridgehead atoms. The molecule has 1 heteroatoms. The molecule has 0 aliphatic heterocycles. The molecule has 1 nitrogen and oxygen atoms in total. The molecule has 0 amide bonds. The molecular weight excluding hydrogens is 242 g/mol. The first-order valence-corrected chi connectivity index (χ1v) is 8.17. The van der Waals surface area contributed by atoms with Gasteiger partial charge in [-0.3, -0.25) is 0 Å². The number of unbranched alkanes of at least 4 members (excludes halogenated alkanes) is 1. The summed E-state index contributed by atoms with van der Waals surface area (Å²) in [4.78, 5) is 0. The van der Waals surface area contributed by atoms with E-state index < -0.39 is 0 Å². The fraction of sp³-hybridized carbons (Fsp3) is 0.684. The zero-order valence-electron chi connectivity index (χ0n) is 14.1. The first-order chi connectivity index (χ1) is 9.38. The highest BCUT2D eigenvalue weighted by Gasteiger charge is 2.19. The summed E-state index contributed by atoms with van der Waals surface area (Å²) in [5.41, 5.74) is 1.78. The molecule has 1 aromatic carbocycles. The fourth-order valence-electron chi connectivity index (χ4n) is 2.56. The molecule has 1 aromatic rings. The number of nitrogens with one attached hydrogen (secondary N) is 1. The van der Waals surface area contributed by atoms with Gasteiger partial charge in [0.15, 0.2) is 0 Å². The van der Waals surface area contributed by atoms with Crippen molar-refractivity contribution in [2.45, 2.75) is 66.3 Å². The van der Waals surface area contributed by atoms with Crippen molar-refractivity contribution in [3.8, 4) is 0 Å². The Morgan fingerprint density at radius 1 is 1.00 bits per heavy atom. The van der Waals surface area contributed by atoms with Gasteiger partial charge in [0.2, 0.25) is 0 Å². The van der Waals surface area contributed by atoms with Gasteiger partial charge in [0.1, 0.15) is 0 Å². The van der Waals surface area contributed by atoms with Gasteiger partial charge >= 0.3 is 0 Å². The largest absolute Gasteiger partial charge is 0.310 e. The van der Waals surface area contributed by atoms with E-state index in [9.17, 15) is 0 Å². The molecule has 20 heavy (non-hydrogen) atoms. The minimum Gasteiger partial charge on any atom is -0.310 e. The molecule has 0 aliphatic rings. The Morgan fingerprint density at radius 2 is 1.65 bits per heavy atom. The lowest BCUT2D eigenvalue weighted by Gasteiger charge is -2.27. The molecule has 0 spiro atoms. The minimum atomic E-state index is 0.353. The molecule has 114 valence electrons. The lowest BCUT2D eigenvalue weighted by Crippen LogP contribution is -2.26. The van der Waals surface area contributed by atoms with Crippen LogP contribution in [-0.2, 0) is 0 Å². The van der Waals surface area contributed by atoms with Crippen LogP contribution >= 0.6 is 0 Å². The van der Waals surface area contributed by atoms with Crippen LogP contribution in [0.3, 0.4) is 0 Å². The molecule has 0 aromatic heterocycles. The van der Waals surface area contributed by atoms with Gasteiger partial charge in [-0.15, -0.1) is 0 Å². The van der Waals surface area contributed by atoms with E-state index in [1.54, 1.807) is 0 Å². The van der Waals surface area contributed by atoms with Crippen molar-refractivity contribution in [1.82, 2.24) is 5.32 Å². The van der Waals surface area contributed by atoms with Crippen molar-refractivity contribution in [3.63, 3.8) is 0 Å². The Balaban J connectivity index is 2.47. The van der Waals surface area contributed by atoms with E-state index >= 15 is 0 Å². The Morgan fingerprint density at radius 3 is 2.20 bits per heavy atom. The topological polar surface area (TPSA) is 12.0 Å². The Kier molecular flexibility index (Phi) is 7.29. The second-order valence-electron chi connectivity index (χ2n) is 7.57. The molecule has 0 saturated heterocycles. The average molecular weight is 275 g/mol. The first kappa shape index (κ1) is 17.2. The van der Waals surface area contributed by atoms with E-state index in [-0.39, 0.29) is 0 Å². The van der Waals surface area contributed by atoms with Crippen molar-refractivity contribution in [1.29, 1.82) is 0 Å². The summed E-state index contributed by atoms with van der Waals surface area (Å²) < 4.78 is 0. The molecule has 0 radical (unpaired) electrons. The van der Waals surface area contributed by atoms with Crippen LogP contribution in [0.4, 0.5) is 0 Å². The van der Waals surface area contributed by atoms with Gasteiger partial charge in [0, 0.05) is 6.04 Å². The Bertz CT molecular complexity index is 348. The van der Waals surface area contributed by atoms with Crippen LogP contribution in [0.25, 0.3) is 0 Å². The van der Waals surface area contributed by atoms with Crippen LogP contribution in [0.2, 0.25) is 0 Å². The van der Waals surface area contributed by atoms with Crippen molar-refractivity contribution < 1.29 is 0 Å². The number of hydrogen-bond donors (Lipinski definition) is 1. The van der Waals surface area contributed by atoms with Gasteiger partial charge in [-0.1, -0.05) is 77.8 Å². The normalized spacial score (nSPS) is 13.7. The third-order valence-corrected chi connectivity index (χ3v) is 3.62. The molecule has 0 aliphatic carbocycles. The Labute approximate surface area is 126 Å². The molecule has 1 unspecified atom stereocenters. The van der Waals surface area contributed by atoms with Crippen molar-refractivity contribution >= 4 is 0 Å². The van der Waals surface area contributed by atoms with E-state index in [2.05, 4.69) is 70.3 Å². The van der Waals surface area contributed by atoms with E-state index in [1.807, 2.05) is 0 Å². The molecule has 0 fully saturated rings. The number of hydrogen-bond acceptors (Lipinski definition) is 1. The van der Waals surface area contributed by atoms with Gasteiger partial charge in [-0.25, -0.2) is 0 Å². The maximum Gasteiger partial charge on any atom is 0.0325 e. The summed E-state index contributed by atoms with van der Waals surface area (Å²) in [6.45, 7) is 12.7. The fourth-order valence-corrected chi connectivity index (χ4v) is 2.56. The van der Waals surface area contributed by atoms with Gasteiger partial charge < -0.3 is 5.32 Å². The molecule has 0 saturated carbocycles. The second-order valence-corrected chi connectivity index (χ2v) is 7.57. The van der Waals surface area contributed by atoms with Gasteiger partial charge in [0.25, 0.3) is 0 Å². The zero-order chi connectivity index (χ0) is 15.0. The van der Waals surface area contributed by atoms with Gasteiger partial charge in [-0.2, -0.15) is 0 Å². The summed E-state index contributed by atoms with van der Waals surface area (Å²) in [6.07, 6.45) is 5.14. The molecule has 0 heterocycles. The average Bonchev–Trinajstić information content (AvgIpc) is 2.36. The highest BCUT2D eigenvalue weighted by molar-refractivity contribution is 5.19. The predicted octanol–water partition coefficient (Wildman–Crippen LogP) is 5.58. The standard InChI is InChI=1S/C19H33N/c1-16(2)11-9-10-14-20-18(15-19(3,4)5)17-12-7-6-8-13-17/h6-8,12-13,16,18,20H,9-11,14-15H2,1-5H3. The predicted molar refractivity (Wildman–Crippen MR) is 89.9 cm³/mol. The lowest BCUT2D eigenvalue weighted by atomic mass is 9.85. The van der Waals surface area contributed by atoms with Gasteiger partial charge in [-0.05, 0) is 36.3 Å². The summed E-state index contributed by atoms with van der Waals surface area (Å²) in [7, 11) is 0. The molecule has 1 atom stereocenters. The van der Waals surface area contributed by atoms with Crippen molar-refractivity contribution in [3.05, 3.63) is 35.9 Å². The molecule has 1 rings (SSSR count). The van der Waals surface area contributed by atoms with E-state index in [0.717, 1.165) is 12.5 Å². The second kappa shape index (κ2) is 8.46. The highest BCUT2D eigenvalue weighted by Crippen LogP contribution is 2.29. The van der Waals surface area contributed by atoms with E-state index in [4.69, 9.17) is 0 Å². The zero-order valence-corrected chi connectivity index (χ0v) is 14.1. The minimum absolute atomic E-state index is 0.353. The van der Waals surface area contributed by atoms with Gasteiger partial charge in [0.05, 0.1) is 0 Å². The maximum absolute atomic E-state index is 3.77. The SMILES string of the molecule is CC(C)CCCCNC(CC(C)(C)C)c1ccccc1.